The molecule has 1 saturated heterocycles. The fourth-order valence-electron chi connectivity index (χ4n) is 2.63. The zero-order valence-corrected chi connectivity index (χ0v) is 8.60. The Morgan fingerprint density at radius 2 is 2.20 bits per heavy atom. The molecular formula is C8H14IN. The molecule has 0 N–H and O–H groups in total. The molecule has 1 heterocycles. The molecule has 2 aliphatic rings. The predicted octanol–water partition coefficient (Wildman–Crippen LogP) is 2.46. The van der Waals surface area contributed by atoms with Crippen LogP contribution in [0.4, 0.5) is 0 Å². The van der Waals surface area contributed by atoms with E-state index in [-0.39, 0.29) is 0 Å². The van der Waals surface area contributed by atoms with E-state index in [1.165, 1.54) is 32.4 Å². The highest BCUT2D eigenvalue weighted by atomic mass is 127. The highest BCUT2D eigenvalue weighted by Gasteiger charge is 2.45. The standard InChI is InChI=1S/C8H14IN/c1-7-4-8(5-7)2-3-10(9)6-8/h7H,2-6H2,1H3. The van der Waals surface area contributed by atoms with Crippen molar-refractivity contribution in [1.82, 2.24) is 3.11 Å². The summed E-state index contributed by atoms with van der Waals surface area (Å²) in [5, 5.41) is 0. The maximum atomic E-state index is 2.45. The first-order valence-corrected chi connectivity index (χ1v) is 5.07. The minimum absolute atomic E-state index is 0.778. The number of hydrogen-bond acceptors (Lipinski definition) is 1. The fourth-order valence-corrected chi connectivity index (χ4v) is 3.60. The van der Waals surface area contributed by atoms with Gasteiger partial charge in [0.1, 0.15) is 0 Å². The van der Waals surface area contributed by atoms with E-state index in [1.54, 1.807) is 0 Å². The van der Waals surface area contributed by atoms with E-state index >= 15 is 0 Å². The topological polar surface area (TPSA) is 3.24 Å². The number of rotatable bonds is 0. The third-order valence-corrected chi connectivity index (χ3v) is 3.78. The van der Waals surface area contributed by atoms with Crippen LogP contribution in [0.5, 0.6) is 0 Å². The molecule has 0 aromatic heterocycles. The SMILES string of the molecule is CC1CC2(CCN(I)C2)C1. The summed E-state index contributed by atoms with van der Waals surface area (Å²) >= 11 is 2.45. The highest BCUT2D eigenvalue weighted by Crippen LogP contribution is 2.51. The van der Waals surface area contributed by atoms with Crippen LogP contribution in [0.25, 0.3) is 0 Å². The molecule has 0 bridgehead atoms. The molecule has 58 valence electrons. The molecule has 10 heavy (non-hydrogen) atoms. The van der Waals surface area contributed by atoms with Crippen molar-refractivity contribution in [2.75, 3.05) is 13.1 Å². The Morgan fingerprint density at radius 1 is 1.50 bits per heavy atom. The van der Waals surface area contributed by atoms with Gasteiger partial charge in [0.05, 0.1) is 0 Å². The zero-order valence-electron chi connectivity index (χ0n) is 6.44. The van der Waals surface area contributed by atoms with E-state index in [2.05, 4.69) is 32.9 Å². The molecule has 0 atom stereocenters. The third kappa shape index (κ3) is 1.09. The number of nitrogens with zero attached hydrogens (tertiary/aromatic N) is 1. The van der Waals surface area contributed by atoms with Gasteiger partial charge in [-0.3, -0.25) is 0 Å². The second kappa shape index (κ2) is 2.34. The first kappa shape index (κ1) is 7.35. The summed E-state index contributed by atoms with van der Waals surface area (Å²) in [5.41, 5.74) is 0.778. The number of halogens is 1. The van der Waals surface area contributed by atoms with Crippen LogP contribution in [-0.4, -0.2) is 16.2 Å². The molecule has 0 unspecified atom stereocenters. The summed E-state index contributed by atoms with van der Waals surface area (Å²) < 4.78 is 2.45. The molecule has 2 rings (SSSR count). The van der Waals surface area contributed by atoms with Crippen LogP contribution in [0.15, 0.2) is 0 Å². The summed E-state index contributed by atoms with van der Waals surface area (Å²) in [7, 11) is 0. The van der Waals surface area contributed by atoms with Gasteiger partial charge in [0.25, 0.3) is 0 Å². The quantitative estimate of drug-likeness (QED) is 0.472. The van der Waals surface area contributed by atoms with Gasteiger partial charge < -0.3 is 0 Å². The van der Waals surface area contributed by atoms with Gasteiger partial charge in [-0.25, -0.2) is 3.11 Å². The van der Waals surface area contributed by atoms with E-state index < -0.39 is 0 Å². The summed E-state index contributed by atoms with van der Waals surface area (Å²) in [6.45, 7) is 5.06. The van der Waals surface area contributed by atoms with Crippen molar-refractivity contribution in [2.24, 2.45) is 11.3 Å². The van der Waals surface area contributed by atoms with Gasteiger partial charge in [-0.1, -0.05) is 6.92 Å². The molecular weight excluding hydrogens is 237 g/mol. The Labute approximate surface area is 76.7 Å². The van der Waals surface area contributed by atoms with Gasteiger partial charge in [-0.05, 0) is 30.6 Å². The third-order valence-electron chi connectivity index (χ3n) is 2.95. The van der Waals surface area contributed by atoms with Gasteiger partial charge in [0.15, 0.2) is 0 Å². The molecule has 1 nitrogen and oxygen atoms in total. The fraction of sp³-hybridized carbons (Fsp3) is 1.00. The Morgan fingerprint density at radius 3 is 2.60 bits per heavy atom. The lowest BCUT2D eigenvalue weighted by atomic mass is 9.62. The van der Waals surface area contributed by atoms with Gasteiger partial charge >= 0.3 is 0 Å². The maximum Gasteiger partial charge on any atom is 0.0201 e. The van der Waals surface area contributed by atoms with Gasteiger partial charge in [0.2, 0.25) is 0 Å². The minimum atomic E-state index is 0.778. The number of hydrogen-bond donors (Lipinski definition) is 0. The molecule has 2 fully saturated rings. The van der Waals surface area contributed by atoms with E-state index in [0.717, 1.165) is 11.3 Å². The van der Waals surface area contributed by atoms with E-state index in [0.29, 0.717) is 0 Å². The molecule has 1 spiro atoms. The second-order valence-corrected chi connectivity index (χ2v) is 5.47. The molecule has 1 aliphatic carbocycles. The highest BCUT2D eigenvalue weighted by molar-refractivity contribution is 14.1. The first-order valence-electron chi connectivity index (χ1n) is 4.11. The molecule has 0 aromatic rings. The molecule has 2 heteroatoms. The lowest BCUT2D eigenvalue weighted by Gasteiger charge is -2.43. The molecule has 1 aliphatic heterocycles. The molecule has 0 amide bonds. The summed E-state index contributed by atoms with van der Waals surface area (Å²) in [5.74, 6) is 1.02. The van der Waals surface area contributed by atoms with Gasteiger partial charge in [-0.15, -0.1) is 0 Å². The van der Waals surface area contributed by atoms with Crippen LogP contribution >= 0.6 is 22.9 Å². The van der Waals surface area contributed by atoms with Crippen molar-refractivity contribution in [3.8, 4) is 0 Å². The van der Waals surface area contributed by atoms with Crippen LogP contribution in [-0.2, 0) is 0 Å². The molecule has 0 radical (unpaired) electrons. The van der Waals surface area contributed by atoms with Crippen LogP contribution in [0, 0.1) is 11.3 Å². The van der Waals surface area contributed by atoms with Gasteiger partial charge in [0, 0.05) is 36.0 Å². The van der Waals surface area contributed by atoms with Crippen molar-refractivity contribution in [3.63, 3.8) is 0 Å². The monoisotopic (exact) mass is 251 g/mol. The maximum absolute atomic E-state index is 2.45. The summed E-state index contributed by atoms with van der Waals surface area (Å²) in [4.78, 5) is 0. The summed E-state index contributed by atoms with van der Waals surface area (Å²) in [6, 6.07) is 0. The zero-order chi connectivity index (χ0) is 7.19. The van der Waals surface area contributed by atoms with Crippen molar-refractivity contribution in [2.45, 2.75) is 26.2 Å². The largest absolute Gasteiger partial charge is 0.247 e. The summed E-state index contributed by atoms with van der Waals surface area (Å²) in [6.07, 6.45) is 4.44. The normalized spacial score (nSPS) is 48.0. The van der Waals surface area contributed by atoms with E-state index in [4.69, 9.17) is 0 Å². The van der Waals surface area contributed by atoms with Gasteiger partial charge in [-0.2, -0.15) is 0 Å². The smallest absolute Gasteiger partial charge is 0.0201 e. The minimum Gasteiger partial charge on any atom is -0.247 e. The van der Waals surface area contributed by atoms with Crippen molar-refractivity contribution in [1.29, 1.82) is 0 Å². The van der Waals surface area contributed by atoms with E-state index in [1.807, 2.05) is 0 Å². The Hall–Kier alpha value is 0.690. The predicted molar refractivity (Wildman–Crippen MR) is 51.0 cm³/mol. The van der Waals surface area contributed by atoms with Crippen LogP contribution in [0.2, 0.25) is 0 Å². The van der Waals surface area contributed by atoms with Crippen LogP contribution < -0.4 is 0 Å². The van der Waals surface area contributed by atoms with Crippen molar-refractivity contribution >= 4 is 22.9 Å². The van der Waals surface area contributed by atoms with Crippen molar-refractivity contribution < 1.29 is 0 Å². The first-order chi connectivity index (χ1) is 4.70. The average molecular weight is 251 g/mol. The van der Waals surface area contributed by atoms with Crippen LogP contribution in [0.3, 0.4) is 0 Å². The van der Waals surface area contributed by atoms with Crippen molar-refractivity contribution in [3.05, 3.63) is 0 Å². The Bertz CT molecular complexity index is 135. The van der Waals surface area contributed by atoms with E-state index in [9.17, 15) is 0 Å². The molecule has 0 aromatic carbocycles. The van der Waals surface area contributed by atoms with Crippen LogP contribution in [0.1, 0.15) is 26.2 Å². The molecule has 1 saturated carbocycles. The lowest BCUT2D eigenvalue weighted by Crippen LogP contribution is -2.37. The Kier molecular flexibility index (Phi) is 1.72. The Balaban J connectivity index is 1.95. The average Bonchev–Trinajstić information content (AvgIpc) is 2.10. The lowest BCUT2D eigenvalue weighted by molar-refractivity contribution is 0.0854. The second-order valence-electron chi connectivity index (χ2n) is 4.11.